The minimum absolute atomic E-state index is 0.0131. The van der Waals surface area contributed by atoms with Crippen LogP contribution >= 0.6 is 23.2 Å². The van der Waals surface area contributed by atoms with Crippen molar-refractivity contribution in [2.45, 2.75) is 23.9 Å². The van der Waals surface area contributed by atoms with Gasteiger partial charge in [-0.3, -0.25) is 0 Å². The van der Waals surface area contributed by atoms with Crippen LogP contribution in [0.1, 0.15) is 18.5 Å². The van der Waals surface area contributed by atoms with E-state index in [1.54, 1.807) is 43.3 Å². The number of hydrogen-bond acceptors (Lipinski definition) is 7. The van der Waals surface area contributed by atoms with Gasteiger partial charge in [-0.15, -0.1) is 0 Å². The topological polar surface area (TPSA) is 124 Å². The molecular weight excluding hydrogens is 475 g/mol. The van der Waals surface area contributed by atoms with Crippen LogP contribution in [0.25, 0.3) is 11.3 Å². The van der Waals surface area contributed by atoms with E-state index in [4.69, 9.17) is 23.2 Å². The first-order valence-electron chi connectivity index (χ1n) is 9.62. The van der Waals surface area contributed by atoms with E-state index in [-0.39, 0.29) is 23.5 Å². The van der Waals surface area contributed by atoms with Gasteiger partial charge in [-0.05, 0) is 36.8 Å². The maximum absolute atomic E-state index is 12.8. The molecule has 0 saturated carbocycles. The summed E-state index contributed by atoms with van der Waals surface area (Å²) in [6.45, 7) is 1.24. The molecule has 2 atom stereocenters. The minimum Gasteiger partial charge on any atom is -0.394 e. The number of nitrogens with one attached hydrogen (secondary N) is 2. The van der Waals surface area contributed by atoms with Crippen LogP contribution in [0.4, 0.5) is 5.95 Å². The third-order valence-corrected chi connectivity index (χ3v) is 6.56. The molecule has 0 saturated heterocycles. The number of rotatable bonds is 9. The molecule has 0 unspecified atom stereocenters. The second-order valence-electron chi connectivity index (χ2n) is 7.05. The van der Waals surface area contributed by atoms with Gasteiger partial charge in [0.15, 0.2) is 0 Å². The van der Waals surface area contributed by atoms with Crippen molar-refractivity contribution in [1.82, 2.24) is 14.7 Å². The van der Waals surface area contributed by atoms with Crippen molar-refractivity contribution in [1.29, 1.82) is 0 Å². The normalized spacial score (nSPS) is 13.5. The van der Waals surface area contributed by atoms with Crippen molar-refractivity contribution in [3.8, 4) is 11.3 Å². The zero-order valence-corrected chi connectivity index (χ0v) is 19.4. The molecule has 170 valence electrons. The molecule has 0 radical (unpaired) electrons. The lowest BCUT2D eigenvalue weighted by molar-refractivity contribution is 0.259. The monoisotopic (exact) mass is 496 g/mol. The second-order valence-corrected chi connectivity index (χ2v) is 9.61. The number of nitrogens with zero attached hydrogens (tertiary/aromatic N) is 2. The summed E-state index contributed by atoms with van der Waals surface area (Å²) in [7, 11) is -3.93. The molecule has 0 aliphatic carbocycles. The summed E-state index contributed by atoms with van der Waals surface area (Å²) in [5, 5.41) is 22.5. The van der Waals surface area contributed by atoms with Crippen molar-refractivity contribution in [2.24, 2.45) is 0 Å². The van der Waals surface area contributed by atoms with E-state index in [0.29, 0.717) is 26.9 Å². The maximum atomic E-state index is 12.8. The molecular formula is C21H22Cl2N4O4S. The van der Waals surface area contributed by atoms with E-state index >= 15 is 0 Å². The Morgan fingerprint density at radius 1 is 1.06 bits per heavy atom. The highest BCUT2D eigenvalue weighted by Crippen LogP contribution is 2.28. The van der Waals surface area contributed by atoms with Gasteiger partial charge in [0.2, 0.25) is 16.0 Å². The zero-order valence-electron chi connectivity index (χ0n) is 17.0. The van der Waals surface area contributed by atoms with Crippen molar-refractivity contribution < 1.29 is 18.6 Å². The molecule has 8 nitrogen and oxygen atoms in total. The van der Waals surface area contributed by atoms with Crippen molar-refractivity contribution in [3.05, 3.63) is 70.3 Å². The smallest absolute Gasteiger partial charge is 0.241 e. The Balaban J connectivity index is 1.84. The molecule has 1 heterocycles. The third-order valence-electron chi connectivity index (χ3n) is 4.56. The van der Waals surface area contributed by atoms with E-state index < -0.39 is 22.7 Å². The van der Waals surface area contributed by atoms with Gasteiger partial charge < -0.3 is 15.5 Å². The Hall–Kier alpha value is -2.27. The number of hydrogen-bond donors (Lipinski definition) is 4. The lowest BCUT2D eigenvalue weighted by Gasteiger charge is -2.17. The molecule has 0 aliphatic rings. The highest BCUT2D eigenvalue weighted by atomic mass is 35.5. The molecule has 0 amide bonds. The standard InChI is InChI=1S/C21H22Cl2N4O4S/c1-13(11-28)25-21-24-10-18(23)20(26-21)14-5-7-17(8-6-14)32(30,31)27-19(12-29)15-3-2-4-16(22)9-15/h2-10,13,19,27-29H,11-12H2,1H3,(H,24,25,26)/t13-,19+/m1/s1. The first-order chi connectivity index (χ1) is 15.2. The number of benzene rings is 2. The predicted molar refractivity (Wildman–Crippen MR) is 124 cm³/mol. The fourth-order valence-corrected chi connectivity index (χ4v) is 4.50. The second kappa shape index (κ2) is 10.6. The van der Waals surface area contributed by atoms with Crippen molar-refractivity contribution in [2.75, 3.05) is 18.5 Å². The zero-order chi connectivity index (χ0) is 23.3. The van der Waals surface area contributed by atoms with Crippen LogP contribution in [0.15, 0.2) is 59.6 Å². The number of aliphatic hydroxyl groups excluding tert-OH is 2. The van der Waals surface area contributed by atoms with Crippen LogP contribution in [0.2, 0.25) is 10.0 Å². The van der Waals surface area contributed by atoms with Gasteiger partial charge in [-0.25, -0.2) is 23.1 Å². The summed E-state index contributed by atoms with van der Waals surface area (Å²) in [6.07, 6.45) is 1.43. The van der Waals surface area contributed by atoms with E-state index in [2.05, 4.69) is 20.0 Å². The van der Waals surface area contributed by atoms with E-state index in [0.717, 1.165) is 0 Å². The highest BCUT2D eigenvalue weighted by molar-refractivity contribution is 7.89. The van der Waals surface area contributed by atoms with E-state index in [1.807, 2.05) is 0 Å². The molecule has 3 rings (SSSR count). The van der Waals surface area contributed by atoms with Crippen molar-refractivity contribution >= 4 is 39.2 Å². The molecule has 11 heteroatoms. The van der Waals surface area contributed by atoms with Crippen LogP contribution in [0.5, 0.6) is 0 Å². The lowest BCUT2D eigenvalue weighted by Crippen LogP contribution is -2.30. The average molecular weight is 497 g/mol. The first-order valence-corrected chi connectivity index (χ1v) is 11.9. The van der Waals surface area contributed by atoms with Gasteiger partial charge >= 0.3 is 0 Å². The summed E-state index contributed by atoms with van der Waals surface area (Å²) < 4.78 is 28.2. The van der Waals surface area contributed by atoms with Crippen LogP contribution < -0.4 is 10.0 Å². The summed E-state index contributed by atoms with van der Waals surface area (Å²) in [4.78, 5) is 8.45. The molecule has 3 aromatic rings. The molecule has 0 fully saturated rings. The quantitative estimate of drug-likeness (QED) is 0.358. The maximum Gasteiger partial charge on any atom is 0.241 e. The van der Waals surface area contributed by atoms with Gasteiger partial charge in [0.1, 0.15) is 0 Å². The number of anilines is 1. The number of halogens is 2. The fraction of sp³-hybridized carbons (Fsp3) is 0.238. The van der Waals surface area contributed by atoms with E-state index in [9.17, 15) is 18.6 Å². The lowest BCUT2D eigenvalue weighted by atomic mass is 10.1. The number of sulfonamides is 1. The SMILES string of the molecule is C[C@H](CO)Nc1ncc(Cl)c(-c2ccc(S(=O)(=O)N[C@@H](CO)c3cccc(Cl)c3)cc2)n1. The van der Waals surface area contributed by atoms with Gasteiger partial charge in [0.25, 0.3) is 0 Å². The van der Waals surface area contributed by atoms with E-state index in [1.165, 1.54) is 18.3 Å². The number of aromatic nitrogens is 2. The molecule has 1 aromatic heterocycles. The molecule has 0 bridgehead atoms. The van der Waals surface area contributed by atoms with Crippen LogP contribution in [-0.4, -0.2) is 47.9 Å². The first kappa shape index (κ1) is 24.4. The predicted octanol–water partition coefficient (Wildman–Crippen LogP) is 3.26. The Morgan fingerprint density at radius 2 is 1.78 bits per heavy atom. The average Bonchev–Trinajstić information content (AvgIpc) is 2.78. The molecule has 32 heavy (non-hydrogen) atoms. The molecule has 2 aromatic carbocycles. The van der Waals surface area contributed by atoms with Crippen molar-refractivity contribution in [3.63, 3.8) is 0 Å². The summed E-state index contributed by atoms with van der Waals surface area (Å²) in [5.74, 6) is 0.289. The summed E-state index contributed by atoms with van der Waals surface area (Å²) >= 11 is 12.2. The highest BCUT2D eigenvalue weighted by Gasteiger charge is 2.21. The van der Waals surface area contributed by atoms with Crippen LogP contribution in [-0.2, 0) is 10.0 Å². The van der Waals surface area contributed by atoms with Gasteiger partial charge in [0, 0.05) is 16.6 Å². The van der Waals surface area contributed by atoms with Gasteiger partial charge in [-0.2, -0.15) is 0 Å². The summed E-state index contributed by atoms with van der Waals surface area (Å²) in [6, 6.07) is 11.5. The minimum atomic E-state index is -3.93. The van der Waals surface area contributed by atoms with Gasteiger partial charge in [-0.1, -0.05) is 47.5 Å². The molecule has 0 aliphatic heterocycles. The van der Waals surface area contributed by atoms with Gasteiger partial charge in [0.05, 0.1) is 41.1 Å². The molecule has 4 N–H and O–H groups in total. The third kappa shape index (κ3) is 5.94. The van der Waals surface area contributed by atoms with Crippen LogP contribution in [0, 0.1) is 0 Å². The Morgan fingerprint density at radius 3 is 2.41 bits per heavy atom. The summed E-state index contributed by atoms with van der Waals surface area (Å²) in [5.41, 5.74) is 1.55. The number of aliphatic hydroxyl groups is 2. The molecule has 0 spiro atoms. The largest absolute Gasteiger partial charge is 0.394 e. The Bertz CT molecular complexity index is 1180. The fourth-order valence-electron chi connectivity index (χ4n) is 2.89. The Labute approximate surface area is 196 Å². The van der Waals surface area contributed by atoms with Crippen LogP contribution in [0.3, 0.4) is 0 Å². The Kier molecular flexibility index (Phi) is 8.05.